The number of esters is 1. The molecule has 0 aromatic rings. The second kappa shape index (κ2) is 12.6. The van der Waals surface area contributed by atoms with E-state index in [0.717, 1.165) is 19.3 Å². The van der Waals surface area contributed by atoms with Crippen molar-refractivity contribution in [3.8, 4) is 0 Å². The molecule has 0 spiro atoms. The van der Waals surface area contributed by atoms with E-state index in [9.17, 15) is 14.4 Å². The Bertz CT molecular complexity index is 587. The molecule has 1 N–H and O–H groups in total. The fourth-order valence-electron chi connectivity index (χ4n) is 3.66. The van der Waals surface area contributed by atoms with Crippen LogP contribution >= 0.6 is 0 Å². The second-order valence-electron chi connectivity index (χ2n) is 8.63. The molecule has 0 aromatic heterocycles. The van der Waals surface area contributed by atoms with Gasteiger partial charge < -0.3 is 24.4 Å². The number of rotatable bonds is 11. The number of likely N-dealkylation sites (tertiary alicyclic amines) is 1. The molecule has 172 valence electrons. The first-order valence-electron chi connectivity index (χ1n) is 10.6. The van der Waals surface area contributed by atoms with E-state index in [0.29, 0.717) is 32.4 Å². The Morgan fingerprint density at radius 3 is 2.50 bits per heavy atom. The van der Waals surface area contributed by atoms with Crippen LogP contribution in [0.2, 0.25) is 0 Å². The molecule has 1 saturated heterocycles. The number of hydrogen-bond donors (Lipinski definition) is 1. The van der Waals surface area contributed by atoms with Gasteiger partial charge in [-0.2, -0.15) is 0 Å². The number of ether oxygens (including phenoxy) is 3. The van der Waals surface area contributed by atoms with Gasteiger partial charge in [-0.3, -0.25) is 4.79 Å². The number of amides is 2. The number of nitrogens with one attached hydrogen (secondary N) is 1. The molecule has 0 saturated carbocycles. The van der Waals surface area contributed by atoms with Crippen molar-refractivity contribution in [2.75, 3.05) is 27.4 Å². The summed E-state index contributed by atoms with van der Waals surface area (Å²) in [4.78, 5) is 39.6. The molecule has 8 heteroatoms. The Morgan fingerprint density at radius 1 is 1.23 bits per heavy atom. The first-order chi connectivity index (χ1) is 14.1. The highest BCUT2D eigenvalue weighted by Crippen LogP contribution is 2.24. The normalized spacial score (nSPS) is 18.4. The molecule has 2 unspecified atom stereocenters. The van der Waals surface area contributed by atoms with Gasteiger partial charge in [-0.1, -0.05) is 12.5 Å². The molecule has 2 amide bonds. The molecule has 0 aliphatic carbocycles. The maximum Gasteiger partial charge on any atom is 0.408 e. The van der Waals surface area contributed by atoms with Crippen molar-refractivity contribution in [3.05, 3.63) is 12.7 Å². The molecule has 0 radical (unpaired) electrons. The summed E-state index contributed by atoms with van der Waals surface area (Å²) in [6, 6.07) is -1.48. The van der Waals surface area contributed by atoms with Gasteiger partial charge in [-0.05, 0) is 52.9 Å². The van der Waals surface area contributed by atoms with E-state index < -0.39 is 29.7 Å². The topological polar surface area (TPSA) is 94.2 Å². The summed E-state index contributed by atoms with van der Waals surface area (Å²) in [7, 11) is 2.88. The number of carbonyl (C=O) groups excluding carboxylic acids is 3. The van der Waals surface area contributed by atoms with Crippen molar-refractivity contribution >= 4 is 18.0 Å². The molecule has 1 rings (SSSR count). The van der Waals surface area contributed by atoms with Gasteiger partial charge >= 0.3 is 12.1 Å². The number of unbranched alkanes of at least 4 members (excludes halogenated alkanes) is 2. The van der Waals surface area contributed by atoms with Crippen molar-refractivity contribution in [3.63, 3.8) is 0 Å². The lowest BCUT2D eigenvalue weighted by Gasteiger charge is -2.33. The molecule has 1 aliphatic rings. The zero-order chi connectivity index (χ0) is 22.7. The van der Waals surface area contributed by atoms with Crippen LogP contribution < -0.4 is 5.32 Å². The number of alkyl carbamates (subject to hydrolysis) is 1. The smallest absolute Gasteiger partial charge is 0.408 e. The lowest BCUT2D eigenvalue weighted by molar-refractivity contribution is -0.152. The number of methoxy groups -OCH3 is 2. The molecule has 30 heavy (non-hydrogen) atoms. The molecule has 0 aromatic carbocycles. The SMILES string of the molecule is C=CCCCCC(COC)[C@H](NC(=O)OC(C)(C)C)C(=O)N1CCCC1C(=O)OC. The average Bonchev–Trinajstić information content (AvgIpc) is 3.16. The maximum absolute atomic E-state index is 13.5. The van der Waals surface area contributed by atoms with Crippen molar-refractivity contribution in [1.29, 1.82) is 0 Å². The number of nitrogens with zero attached hydrogens (tertiary/aromatic N) is 1. The van der Waals surface area contributed by atoms with Crippen LogP contribution in [0.5, 0.6) is 0 Å². The molecule has 1 fully saturated rings. The highest BCUT2D eigenvalue weighted by molar-refractivity contribution is 5.90. The largest absolute Gasteiger partial charge is 0.467 e. The summed E-state index contributed by atoms with van der Waals surface area (Å²) in [5, 5.41) is 2.75. The van der Waals surface area contributed by atoms with Crippen LogP contribution in [0, 0.1) is 5.92 Å². The van der Waals surface area contributed by atoms with E-state index in [1.807, 2.05) is 6.08 Å². The third-order valence-corrected chi connectivity index (χ3v) is 5.03. The lowest BCUT2D eigenvalue weighted by Crippen LogP contribution is -2.56. The van der Waals surface area contributed by atoms with Crippen LogP contribution in [0.1, 0.15) is 59.3 Å². The molecular weight excluding hydrogens is 388 g/mol. The summed E-state index contributed by atoms with van der Waals surface area (Å²) >= 11 is 0. The summed E-state index contributed by atoms with van der Waals surface area (Å²) in [5.41, 5.74) is -0.694. The van der Waals surface area contributed by atoms with Gasteiger partial charge in [0.05, 0.1) is 13.7 Å². The number of hydrogen-bond acceptors (Lipinski definition) is 6. The summed E-state index contributed by atoms with van der Waals surface area (Å²) in [6.45, 7) is 9.77. The van der Waals surface area contributed by atoms with Crippen LogP contribution in [0.3, 0.4) is 0 Å². The lowest BCUT2D eigenvalue weighted by atomic mass is 9.92. The van der Waals surface area contributed by atoms with E-state index in [1.165, 1.54) is 12.0 Å². The average molecular weight is 427 g/mol. The first kappa shape index (κ1) is 25.9. The van der Waals surface area contributed by atoms with E-state index in [1.54, 1.807) is 27.9 Å². The highest BCUT2D eigenvalue weighted by Gasteiger charge is 2.41. The van der Waals surface area contributed by atoms with Gasteiger partial charge in [-0.25, -0.2) is 9.59 Å². The molecule has 1 aliphatic heterocycles. The van der Waals surface area contributed by atoms with E-state index >= 15 is 0 Å². The Kier molecular flexibility index (Phi) is 10.9. The minimum absolute atomic E-state index is 0.251. The predicted octanol–water partition coefficient (Wildman–Crippen LogP) is 3.05. The van der Waals surface area contributed by atoms with Crippen LogP contribution in [0.4, 0.5) is 4.79 Å². The van der Waals surface area contributed by atoms with Crippen LogP contribution in [-0.2, 0) is 23.8 Å². The molecule has 8 nitrogen and oxygen atoms in total. The van der Waals surface area contributed by atoms with Crippen LogP contribution in [-0.4, -0.2) is 67.9 Å². The van der Waals surface area contributed by atoms with Crippen LogP contribution in [0.25, 0.3) is 0 Å². The van der Waals surface area contributed by atoms with Gasteiger partial charge in [-0.15, -0.1) is 6.58 Å². The van der Waals surface area contributed by atoms with Gasteiger partial charge in [0.2, 0.25) is 5.91 Å². The van der Waals surface area contributed by atoms with Gasteiger partial charge in [0.1, 0.15) is 17.7 Å². The Balaban J connectivity index is 3.06. The second-order valence-corrected chi connectivity index (χ2v) is 8.63. The van der Waals surface area contributed by atoms with Crippen molar-refractivity contribution in [2.45, 2.75) is 77.0 Å². The molecule has 1 heterocycles. The van der Waals surface area contributed by atoms with E-state index in [4.69, 9.17) is 14.2 Å². The Hall–Kier alpha value is -2.09. The third-order valence-electron chi connectivity index (χ3n) is 5.03. The zero-order valence-corrected chi connectivity index (χ0v) is 19.1. The van der Waals surface area contributed by atoms with E-state index in [2.05, 4.69) is 11.9 Å². The van der Waals surface area contributed by atoms with Gasteiger partial charge in [0.25, 0.3) is 0 Å². The fourth-order valence-corrected chi connectivity index (χ4v) is 3.66. The minimum atomic E-state index is -0.853. The molecule has 3 atom stereocenters. The first-order valence-corrected chi connectivity index (χ1v) is 10.6. The highest BCUT2D eigenvalue weighted by atomic mass is 16.6. The van der Waals surface area contributed by atoms with Crippen molar-refractivity contribution in [2.24, 2.45) is 5.92 Å². The molecular formula is C22H38N2O6. The van der Waals surface area contributed by atoms with Crippen molar-refractivity contribution < 1.29 is 28.6 Å². The maximum atomic E-state index is 13.5. The Morgan fingerprint density at radius 2 is 1.93 bits per heavy atom. The predicted molar refractivity (Wildman–Crippen MR) is 114 cm³/mol. The fraction of sp³-hybridized carbons (Fsp3) is 0.773. The zero-order valence-electron chi connectivity index (χ0n) is 19.1. The minimum Gasteiger partial charge on any atom is -0.467 e. The van der Waals surface area contributed by atoms with Crippen LogP contribution in [0.15, 0.2) is 12.7 Å². The number of allylic oxidation sites excluding steroid dienone is 1. The van der Waals surface area contributed by atoms with Gasteiger partial charge in [0, 0.05) is 19.6 Å². The summed E-state index contributed by atoms with van der Waals surface area (Å²) in [6.07, 6.45) is 5.81. The summed E-state index contributed by atoms with van der Waals surface area (Å²) < 4.78 is 15.6. The standard InChI is InChI=1S/C22H38N2O6/c1-7-8-9-10-12-16(15-28-5)18(23-21(27)30-22(2,3)4)19(25)24-14-11-13-17(24)20(26)29-6/h7,16-18H,1,8-15H2,2-6H3,(H,23,27)/t16?,17?,18-/m0/s1. The summed E-state index contributed by atoms with van der Waals surface area (Å²) in [5.74, 6) is -0.996. The monoisotopic (exact) mass is 426 g/mol. The molecule has 0 bridgehead atoms. The Labute approximate surface area is 180 Å². The van der Waals surface area contributed by atoms with Crippen molar-refractivity contribution in [1.82, 2.24) is 10.2 Å². The quantitative estimate of drug-likeness (QED) is 0.310. The number of carbonyl (C=O) groups is 3. The third kappa shape index (κ3) is 8.34. The van der Waals surface area contributed by atoms with E-state index in [-0.39, 0.29) is 11.8 Å². The van der Waals surface area contributed by atoms with Gasteiger partial charge in [0.15, 0.2) is 0 Å².